The number of nitrogens with zero attached hydrogens (tertiary/aromatic N) is 2. The summed E-state index contributed by atoms with van der Waals surface area (Å²) in [4.78, 5) is 32.3. The number of amides is 1. The van der Waals surface area contributed by atoms with Crippen molar-refractivity contribution in [1.82, 2.24) is 0 Å². The largest absolute Gasteiger partial charge is 0.322 e. The van der Waals surface area contributed by atoms with Crippen LogP contribution in [0.15, 0.2) is 48.5 Å². The van der Waals surface area contributed by atoms with Crippen molar-refractivity contribution in [3.05, 3.63) is 79.9 Å². The van der Waals surface area contributed by atoms with Gasteiger partial charge in [-0.15, -0.1) is 0 Å². The molecule has 0 aliphatic rings. The molecule has 0 aliphatic heterocycles. The molecule has 1 amide bonds. The Labute approximate surface area is 136 Å². The second-order valence-corrected chi connectivity index (χ2v) is 4.93. The van der Waals surface area contributed by atoms with Crippen molar-refractivity contribution in [2.45, 2.75) is 6.92 Å². The number of carbonyl (C=O) groups excluding carboxylic acids is 1. The highest BCUT2D eigenvalue weighted by molar-refractivity contribution is 6.02. The van der Waals surface area contributed by atoms with Crippen LogP contribution in [0.5, 0.6) is 0 Å². The van der Waals surface area contributed by atoms with E-state index < -0.39 is 15.8 Å². The first-order chi connectivity index (χ1) is 11.4. The predicted octanol–water partition coefficient (Wildman–Crippen LogP) is 3.46. The standard InChI is InChI=1S/C16H13N3O5/c1-11-9-14(19(23)24)6-7-15(11)17-16(20)8-5-12-3-2-4-13(10-12)18(21)22/h2-10H,1H3,(H,17,20)/b8-5+. The fourth-order valence-electron chi connectivity index (χ4n) is 1.99. The lowest BCUT2D eigenvalue weighted by molar-refractivity contribution is -0.385. The van der Waals surface area contributed by atoms with Gasteiger partial charge in [-0.25, -0.2) is 0 Å². The molecule has 8 heteroatoms. The summed E-state index contributed by atoms with van der Waals surface area (Å²) in [5.74, 6) is -0.446. The van der Waals surface area contributed by atoms with Crippen molar-refractivity contribution < 1.29 is 14.6 Å². The summed E-state index contributed by atoms with van der Waals surface area (Å²) < 4.78 is 0. The number of nitro groups is 2. The van der Waals surface area contributed by atoms with Crippen LogP contribution >= 0.6 is 0 Å². The lowest BCUT2D eigenvalue weighted by atomic mass is 10.1. The minimum atomic E-state index is -0.516. The fraction of sp³-hybridized carbons (Fsp3) is 0.0625. The van der Waals surface area contributed by atoms with E-state index in [-0.39, 0.29) is 11.4 Å². The van der Waals surface area contributed by atoms with Gasteiger partial charge in [0.1, 0.15) is 0 Å². The van der Waals surface area contributed by atoms with E-state index in [0.29, 0.717) is 16.8 Å². The van der Waals surface area contributed by atoms with Crippen LogP contribution in [0.25, 0.3) is 6.08 Å². The molecule has 0 unspecified atom stereocenters. The van der Waals surface area contributed by atoms with Gasteiger partial charge in [-0.1, -0.05) is 12.1 Å². The molecule has 2 aromatic rings. The van der Waals surface area contributed by atoms with Gasteiger partial charge in [0.25, 0.3) is 11.4 Å². The van der Waals surface area contributed by atoms with E-state index in [1.165, 1.54) is 48.6 Å². The van der Waals surface area contributed by atoms with Crippen LogP contribution in [0.1, 0.15) is 11.1 Å². The van der Waals surface area contributed by atoms with E-state index >= 15 is 0 Å². The number of hydrogen-bond donors (Lipinski definition) is 1. The Morgan fingerprint density at radius 2 is 1.71 bits per heavy atom. The van der Waals surface area contributed by atoms with Gasteiger partial charge in [0.2, 0.25) is 5.91 Å². The molecule has 2 aromatic carbocycles. The molecule has 24 heavy (non-hydrogen) atoms. The molecule has 1 N–H and O–H groups in total. The van der Waals surface area contributed by atoms with Gasteiger partial charge in [-0.3, -0.25) is 25.0 Å². The molecule has 8 nitrogen and oxygen atoms in total. The summed E-state index contributed by atoms with van der Waals surface area (Å²) in [5.41, 5.74) is 1.40. The topological polar surface area (TPSA) is 115 Å². The third kappa shape index (κ3) is 4.23. The summed E-state index contributed by atoms with van der Waals surface area (Å²) in [6.45, 7) is 1.65. The molecular weight excluding hydrogens is 314 g/mol. The molecule has 0 radical (unpaired) electrons. The first-order valence-corrected chi connectivity index (χ1v) is 6.85. The Kier molecular flexibility index (Phi) is 5.00. The molecule has 0 fully saturated rings. The maximum absolute atomic E-state index is 11.9. The zero-order chi connectivity index (χ0) is 17.7. The van der Waals surface area contributed by atoms with E-state index in [2.05, 4.69) is 5.32 Å². The SMILES string of the molecule is Cc1cc([N+](=O)[O-])ccc1NC(=O)/C=C/c1cccc([N+](=O)[O-])c1. The number of aryl methyl sites for hydroxylation is 1. The number of nitrogens with one attached hydrogen (secondary N) is 1. The lowest BCUT2D eigenvalue weighted by Gasteiger charge is -2.05. The van der Waals surface area contributed by atoms with Crippen LogP contribution in [0.4, 0.5) is 17.1 Å². The molecule has 2 rings (SSSR count). The number of nitro benzene ring substituents is 2. The molecule has 0 saturated carbocycles. The van der Waals surface area contributed by atoms with E-state index in [1.807, 2.05) is 0 Å². The minimum Gasteiger partial charge on any atom is -0.322 e. The van der Waals surface area contributed by atoms with Crippen molar-refractivity contribution in [1.29, 1.82) is 0 Å². The number of hydrogen-bond acceptors (Lipinski definition) is 5. The highest BCUT2D eigenvalue weighted by Gasteiger charge is 2.09. The Hall–Kier alpha value is -3.55. The normalized spacial score (nSPS) is 10.5. The third-order valence-electron chi connectivity index (χ3n) is 3.19. The van der Waals surface area contributed by atoms with Crippen LogP contribution < -0.4 is 5.32 Å². The molecule has 0 bridgehead atoms. The maximum atomic E-state index is 11.9. The van der Waals surface area contributed by atoms with Gasteiger partial charge < -0.3 is 5.32 Å². The van der Waals surface area contributed by atoms with Gasteiger partial charge in [-0.2, -0.15) is 0 Å². The highest BCUT2D eigenvalue weighted by Crippen LogP contribution is 2.21. The number of anilines is 1. The summed E-state index contributed by atoms with van der Waals surface area (Å²) in [5, 5.41) is 24.0. The Balaban J connectivity index is 2.09. The van der Waals surface area contributed by atoms with Gasteiger partial charge in [0.05, 0.1) is 9.85 Å². The molecule has 0 aliphatic carbocycles. The summed E-state index contributed by atoms with van der Waals surface area (Å²) >= 11 is 0. The first kappa shape index (κ1) is 16.8. The second kappa shape index (κ2) is 7.14. The van der Waals surface area contributed by atoms with Crippen molar-refractivity contribution in [3.63, 3.8) is 0 Å². The van der Waals surface area contributed by atoms with E-state index in [4.69, 9.17) is 0 Å². The maximum Gasteiger partial charge on any atom is 0.270 e. The third-order valence-corrected chi connectivity index (χ3v) is 3.19. The van der Waals surface area contributed by atoms with Gasteiger partial charge in [-0.05, 0) is 30.2 Å². The van der Waals surface area contributed by atoms with Crippen LogP contribution in [-0.4, -0.2) is 15.8 Å². The molecule has 0 aromatic heterocycles. The van der Waals surface area contributed by atoms with Crippen LogP contribution in [0.2, 0.25) is 0 Å². The molecule has 0 heterocycles. The Morgan fingerprint density at radius 1 is 1.04 bits per heavy atom. The Morgan fingerprint density at radius 3 is 2.33 bits per heavy atom. The summed E-state index contributed by atoms with van der Waals surface area (Å²) in [6, 6.07) is 9.97. The van der Waals surface area contributed by atoms with E-state index in [9.17, 15) is 25.0 Å². The summed E-state index contributed by atoms with van der Waals surface area (Å²) in [7, 11) is 0. The summed E-state index contributed by atoms with van der Waals surface area (Å²) in [6.07, 6.45) is 2.68. The van der Waals surface area contributed by atoms with Crippen molar-refractivity contribution in [2.24, 2.45) is 0 Å². The average molecular weight is 327 g/mol. The molecule has 122 valence electrons. The smallest absolute Gasteiger partial charge is 0.270 e. The van der Waals surface area contributed by atoms with Crippen LogP contribution in [0, 0.1) is 27.2 Å². The molecule has 0 saturated heterocycles. The van der Waals surface area contributed by atoms with Gasteiger partial charge in [0.15, 0.2) is 0 Å². The quantitative estimate of drug-likeness (QED) is 0.513. The van der Waals surface area contributed by atoms with Crippen LogP contribution in [-0.2, 0) is 4.79 Å². The molecule has 0 atom stereocenters. The second-order valence-electron chi connectivity index (χ2n) is 4.93. The van der Waals surface area contributed by atoms with E-state index in [1.54, 1.807) is 13.0 Å². The minimum absolute atomic E-state index is 0.0577. The number of non-ortho nitro benzene ring substituents is 2. The number of benzene rings is 2. The van der Waals surface area contributed by atoms with Crippen molar-refractivity contribution in [2.75, 3.05) is 5.32 Å². The fourth-order valence-corrected chi connectivity index (χ4v) is 1.99. The van der Waals surface area contributed by atoms with E-state index in [0.717, 1.165) is 0 Å². The van der Waals surface area contributed by atoms with Crippen LogP contribution in [0.3, 0.4) is 0 Å². The highest BCUT2D eigenvalue weighted by atomic mass is 16.6. The van der Waals surface area contributed by atoms with Gasteiger partial charge >= 0.3 is 0 Å². The lowest BCUT2D eigenvalue weighted by Crippen LogP contribution is -2.09. The number of rotatable bonds is 5. The zero-order valence-electron chi connectivity index (χ0n) is 12.6. The monoisotopic (exact) mass is 327 g/mol. The van der Waals surface area contributed by atoms with Crippen molar-refractivity contribution >= 4 is 29.0 Å². The zero-order valence-corrected chi connectivity index (χ0v) is 12.6. The molecular formula is C16H13N3O5. The van der Waals surface area contributed by atoms with Gasteiger partial charge in [0, 0.05) is 36.0 Å². The Bertz CT molecular complexity index is 845. The molecule has 0 spiro atoms. The predicted molar refractivity (Wildman–Crippen MR) is 88.6 cm³/mol. The first-order valence-electron chi connectivity index (χ1n) is 6.85. The van der Waals surface area contributed by atoms with Crippen molar-refractivity contribution in [3.8, 4) is 0 Å². The number of carbonyl (C=O) groups is 1. The average Bonchev–Trinajstić information content (AvgIpc) is 2.55.